The molecule has 6 rings (SSSR count). The van der Waals surface area contributed by atoms with Crippen molar-refractivity contribution in [3.63, 3.8) is 0 Å². The fourth-order valence-electron chi connectivity index (χ4n) is 6.17. The number of para-hydroxylation sites is 1. The van der Waals surface area contributed by atoms with Crippen LogP contribution in [-0.2, 0) is 4.79 Å². The van der Waals surface area contributed by atoms with E-state index in [9.17, 15) is 14.4 Å². The third-order valence-corrected chi connectivity index (χ3v) is 8.45. The van der Waals surface area contributed by atoms with Gasteiger partial charge in [-0.05, 0) is 53.6 Å². The molecule has 0 saturated carbocycles. The van der Waals surface area contributed by atoms with Crippen molar-refractivity contribution in [1.29, 1.82) is 0 Å². The van der Waals surface area contributed by atoms with Crippen molar-refractivity contribution in [1.82, 2.24) is 20.1 Å². The van der Waals surface area contributed by atoms with Gasteiger partial charge < -0.3 is 20.1 Å². The average molecular weight is 549 g/mol. The minimum Gasteiger partial charge on any atom is -0.351 e. The Hall–Kier alpha value is -4.39. The summed E-state index contributed by atoms with van der Waals surface area (Å²) in [5.41, 5.74) is 3.56. The van der Waals surface area contributed by atoms with Gasteiger partial charge in [0.1, 0.15) is 11.7 Å². The van der Waals surface area contributed by atoms with Crippen molar-refractivity contribution in [3.05, 3.63) is 96.2 Å². The maximum atomic E-state index is 13.9. The number of aromatic amines is 1. The zero-order valence-electron chi connectivity index (χ0n) is 23.8. The second kappa shape index (κ2) is 10.5. The molecule has 1 aromatic heterocycles. The van der Waals surface area contributed by atoms with Crippen molar-refractivity contribution in [3.8, 4) is 11.1 Å². The van der Waals surface area contributed by atoms with Crippen LogP contribution in [0.15, 0.2) is 84.9 Å². The van der Waals surface area contributed by atoms with E-state index in [1.807, 2.05) is 116 Å². The Morgan fingerprint density at radius 1 is 0.854 bits per heavy atom. The highest BCUT2D eigenvalue weighted by atomic mass is 16.2. The van der Waals surface area contributed by atoms with Crippen molar-refractivity contribution < 1.29 is 14.4 Å². The molecule has 4 aromatic rings. The first-order valence-corrected chi connectivity index (χ1v) is 14.4. The SMILES string of the molecule is CC(C)(C)[C@H](NC(=O)c1cc2ccccc2[nH]1)C(=O)N1C[C@@H]2C1CCCN2C(=O)c1cccc(-c2ccccc2)c1. The number of aromatic nitrogens is 1. The molecule has 2 fully saturated rings. The quantitative estimate of drug-likeness (QED) is 0.346. The molecular weight excluding hydrogens is 512 g/mol. The molecule has 0 aliphatic carbocycles. The number of H-pyrrole nitrogens is 1. The standard InChI is InChI=1S/C34H36N4O3/c1-34(2,3)30(36-31(39)27-20-24-13-7-8-16-26(24)35-27)33(41)38-21-29-28(38)17-10-18-37(29)32(40)25-15-9-14-23(19-25)22-11-5-4-6-12-22/h4-9,11-16,19-20,28-30,35H,10,17-18,21H2,1-3H3,(H,36,39)/t28?,29-,30-/m1/s1. The fraction of sp³-hybridized carbons (Fsp3) is 0.324. The number of benzene rings is 3. The van der Waals surface area contributed by atoms with Gasteiger partial charge in [-0.1, -0.05) is 81.4 Å². The van der Waals surface area contributed by atoms with Gasteiger partial charge in [-0.15, -0.1) is 0 Å². The molecule has 2 aliphatic heterocycles. The van der Waals surface area contributed by atoms with Gasteiger partial charge in [0, 0.05) is 29.6 Å². The Bertz CT molecular complexity index is 1570. The van der Waals surface area contributed by atoms with E-state index in [4.69, 9.17) is 0 Å². The molecule has 3 amide bonds. The van der Waals surface area contributed by atoms with E-state index >= 15 is 0 Å². The smallest absolute Gasteiger partial charge is 0.268 e. The first-order chi connectivity index (χ1) is 19.7. The number of rotatable bonds is 5. The van der Waals surface area contributed by atoms with Crippen LogP contribution in [0, 0.1) is 5.41 Å². The van der Waals surface area contributed by atoms with Crippen LogP contribution < -0.4 is 5.32 Å². The van der Waals surface area contributed by atoms with Gasteiger partial charge in [0.05, 0.1) is 12.1 Å². The van der Waals surface area contributed by atoms with E-state index in [1.165, 1.54) is 0 Å². The van der Waals surface area contributed by atoms with Crippen LogP contribution in [0.1, 0.15) is 54.5 Å². The fourth-order valence-corrected chi connectivity index (χ4v) is 6.17. The highest BCUT2D eigenvalue weighted by Crippen LogP contribution is 2.35. The molecule has 3 atom stereocenters. The number of piperidine rings is 1. The average Bonchev–Trinajstić information content (AvgIpc) is 3.40. The molecule has 3 aromatic carbocycles. The lowest BCUT2D eigenvalue weighted by atomic mass is 9.81. The highest BCUT2D eigenvalue weighted by Gasteiger charge is 2.51. The lowest BCUT2D eigenvalue weighted by Gasteiger charge is -2.56. The second-order valence-electron chi connectivity index (χ2n) is 12.3. The summed E-state index contributed by atoms with van der Waals surface area (Å²) >= 11 is 0. The summed E-state index contributed by atoms with van der Waals surface area (Å²) in [6.07, 6.45) is 1.67. The number of likely N-dealkylation sites (tertiary alicyclic amines) is 2. The molecule has 7 nitrogen and oxygen atoms in total. The molecule has 1 unspecified atom stereocenters. The Labute approximate surface area is 240 Å². The Morgan fingerprint density at radius 3 is 2.34 bits per heavy atom. The maximum absolute atomic E-state index is 13.9. The van der Waals surface area contributed by atoms with Crippen LogP contribution in [-0.4, -0.2) is 63.7 Å². The first kappa shape index (κ1) is 26.8. The largest absolute Gasteiger partial charge is 0.351 e. The lowest BCUT2D eigenvalue weighted by molar-refractivity contribution is -0.152. The maximum Gasteiger partial charge on any atom is 0.268 e. The van der Waals surface area contributed by atoms with E-state index in [0.29, 0.717) is 24.3 Å². The molecule has 0 bridgehead atoms. The number of nitrogens with one attached hydrogen (secondary N) is 2. The number of carbonyl (C=O) groups is 3. The Balaban J connectivity index is 1.17. The first-order valence-electron chi connectivity index (χ1n) is 14.4. The normalized spacial score (nSPS) is 19.3. The molecule has 3 heterocycles. The summed E-state index contributed by atoms with van der Waals surface area (Å²) < 4.78 is 0. The third-order valence-electron chi connectivity index (χ3n) is 8.45. The van der Waals surface area contributed by atoms with E-state index in [-0.39, 0.29) is 29.8 Å². The van der Waals surface area contributed by atoms with Gasteiger partial charge in [-0.2, -0.15) is 0 Å². The monoisotopic (exact) mass is 548 g/mol. The number of hydrogen-bond donors (Lipinski definition) is 2. The van der Waals surface area contributed by atoms with E-state index < -0.39 is 11.5 Å². The van der Waals surface area contributed by atoms with E-state index in [0.717, 1.165) is 34.9 Å². The molecule has 0 radical (unpaired) electrons. The third kappa shape index (κ3) is 5.12. The molecule has 41 heavy (non-hydrogen) atoms. The zero-order valence-corrected chi connectivity index (χ0v) is 23.8. The summed E-state index contributed by atoms with van der Waals surface area (Å²) in [5.74, 6) is -0.391. The lowest BCUT2D eigenvalue weighted by Crippen LogP contribution is -2.73. The van der Waals surface area contributed by atoms with Crippen molar-refractivity contribution in [2.75, 3.05) is 13.1 Å². The summed E-state index contributed by atoms with van der Waals surface area (Å²) in [6.45, 7) is 7.05. The van der Waals surface area contributed by atoms with E-state index in [1.54, 1.807) is 0 Å². The number of hydrogen-bond acceptors (Lipinski definition) is 3. The van der Waals surface area contributed by atoms with Gasteiger partial charge in [-0.3, -0.25) is 14.4 Å². The highest BCUT2D eigenvalue weighted by molar-refractivity contribution is 6.01. The minimum atomic E-state index is -0.698. The number of nitrogens with zero attached hydrogens (tertiary/aromatic N) is 2. The van der Waals surface area contributed by atoms with Gasteiger partial charge in [0.2, 0.25) is 5.91 Å². The molecule has 210 valence electrons. The predicted octanol–water partition coefficient (Wildman–Crippen LogP) is 5.50. The van der Waals surface area contributed by atoms with Gasteiger partial charge >= 0.3 is 0 Å². The molecule has 2 saturated heterocycles. The molecule has 7 heteroatoms. The van der Waals surface area contributed by atoms with Gasteiger partial charge in [0.25, 0.3) is 11.8 Å². The summed E-state index contributed by atoms with van der Waals surface area (Å²) in [7, 11) is 0. The number of carbonyl (C=O) groups excluding carboxylic acids is 3. The van der Waals surface area contributed by atoms with Crippen LogP contribution in [0.25, 0.3) is 22.0 Å². The van der Waals surface area contributed by atoms with E-state index in [2.05, 4.69) is 10.3 Å². The topological polar surface area (TPSA) is 85.5 Å². The van der Waals surface area contributed by atoms with Gasteiger partial charge in [0.15, 0.2) is 0 Å². The van der Waals surface area contributed by atoms with Crippen molar-refractivity contribution in [2.45, 2.75) is 51.7 Å². The molecule has 0 spiro atoms. The Morgan fingerprint density at radius 2 is 1.59 bits per heavy atom. The summed E-state index contributed by atoms with van der Waals surface area (Å²) in [5, 5.41) is 3.97. The summed E-state index contributed by atoms with van der Waals surface area (Å²) in [6, 6.07) is 26.6. The Kier molecular flexibility index (Phi) is 6.89. The van der Waals surface area contributed by atoms with Crippen LogP contribution >= 0.6 is 0 Å². The van der Waals surface area contributed by atoms with Gasteiger partial charge in [-0.25, -0.2) is 0 Å². The minimum absolute atomic E-state index is 0.00376. The van der Waals surface area contributed by atoms with Crippen molar-refractivity contribution >= 4 is 28.6 Å². The zero-order chi connectivity index (χ0) is 28.7. The van der Waals surface area contributed by atoms with Crippen LogP contribution in [0.3, 0.4) is 0 Å². The van der Waals surface area contributed by atoms with Crippen LogP contribution in [0.2, 0.25) is 0 Å². The number of fused-ring (bicyclic) bond motifs is 2. The summed E-state index contributed by atoms with van der Waals surface area (Å²) in [4.78, 5) is 47.8. The molecular formula is C34H36N4O3. The molecule has 2 aliphatic rings. The van der Waals surface area contributed by atoms with Crippen LogP contribution in [0.4, 0.5) is 0 Å². The van der Waals surface area contributed by atoms with Crippen LogP contribution in [0.5, 0.6) is 0 Å². The predicted molar refractivity (Wildman–Crippen MR) is 160 cm³/mol. The second-order valence-corrected chi connectivity index (χ2v) is 12.3. The molecule has 2 N–H and O–H groups in total. The van der Waals surface area contributed by atoms with Crippen molar-refractivity contribution in [2.24, 2.45) is 5.41 Å². The number of amides is 3.